The molecule has 5 nitrogen and oxygen atoms in total. The first-order valence-corrected chi connectivity index (χ1v) is 7.11. The van der Waals surface area contributed by atoms with Gasteiger partial charge in [0.2, 0.25) is 5.95 Å². The van der Waals surface area contributed by atoms with Gasteiger partial charge in [0.05, 0.1) is 11.1 Å². The summed E-state index contributed by atoms with van der Waals surface area (Å²) in [5.41, 5.74) is 6.22. The van der Waals surface area contributed by atoms with Crippen LogP contribution < -0.4 is 11.3 Å². The molecule has 0 aliphatic heterocycles. The molecule has 0 unspecified atom stereocenters. The zero-order valence-corrected chi connectivity index (χ0v) is 13.5. The zero-order chi connectivity index (χ0) is 15.2. The van der Waals surface area contributed by atoms with Gasteiger partial charge in [0.1, 0.15) is 10.5 Å². The lowest BCUT2D eigenvalue weighted by molar-refractivity contribution is 0.515. The molecule has 0 radical (unpaired) electrons. The van der Waals surface area contributed by atoms with Crippen LogP contribution in [0.15, 0.2) is 29.2 Å². The smallest absolute Gasteiger partial charge is 0.268 e. The summed E-state index contributed by atoms with van der Waals surface area (Å²) in [7, 11) is 0. The van der Waals surface area contributed by atoms with Gasteiger partial charge in [0.25, 0.3) is 5.56 Å². The zero-order valence-electron chi connectivity index (χ0n) is 11.9. The Labute approximate surface area is 135 Å². The number of pyridine rings is 1. The van der Waals surface area contributed by atoms with Gasteiger partial charge < -0.3 is 10.7 Å². The average Bonchev–Trinajstić information content (AvgIpc) is 2.82. The molecule has 0 atom stereocenters. The number of hydrogen-bond donors (Lipinski definition) is 2. The van der Waals surface area contributed by atoms with Crippen molar-refractivity contribution in [3.05, 3.63) is 46.5 Å². The molecule has 0 amide bonds. The van der Waals surface area contributed by atoms with Gasteiger partial charge >= 0.3 is 0 Å². The summed E-state index contributed by atoms with van der Waals surface area (Å²) in [6.07, 6.45) is 1.39. The number of nitrogens with two attached hydrogens (primary N) is 1. The van der Waals surface area contributed by atoms with Crippen molar-refractivity contribution in [2.24, 2.45) is 5.73 Å². The van der Waals surface area contributed by atoms with Gasteiger partial charge in [-0.1, -0.05) is 0 Å². The summed E-state index contributed by atoms with van der Waals surface area (Å²) < 4.78 is 13.7. The molecule has 0 aromatic carbocycles. The van der Waals surface area contributed by atoms with Crippen LogP contribution in [0.3, 0.4) is 0 Å². The Kier molecular flexibility index (Phi) is 4.32. The standard InChI is InChI=1S/C14H13FN4OS.ClH/c1-14(2,16)13-18-8-6-9(21-11(8)12(20)19-13)7-3-4-17-10(15)5-7;/h3-6H,16H2,1-2H3,(H,18,19,20);1H. The molecule has 0 bridgehead atoms. The molecule has 3 heterocycles. The van der Waals surface area contributed by atoms with E-state index in [1.165, 1.54) is 23.6 Å². The van der Waals surface area contributed by atoms with Crippen molar-refractivity contribution >= 4 is 34.0 Å². The molecule has 0 fully saturated rings. The van der Waals surface area contributed by atoms with Crippen LogP contribution in [0.25, 0.3) is 20.7 Å². The highest BCUT2D eigenvalue weighted by Crippen LogP contribution is 2.31. The molecule has 0 saturated heterocycles. The highest BCUT2D eigenvalue weighted by molar-refractivity contribution is 7.22. The van der Waals surface area contributed by atoms with Gasteiger partial charge in [-0.2, -0.15) is 4.39 Å². The lowest BCUT2D eigenvalue weighted by Gasteiger charge is -2.16. The summed E-state index contributed by atoms with van der Waals surface area (Å²) in [5, 5.41) is 0. The predicted molar refractivity (Wildman–Crippen MR) is 87.9 cm³/mol. The van der Waals surface area contributed by atoms with Gasteiger partial charge in [0, 0.05) is 17.1 Å². The minimum Gasteiger partial charge on any atom is -0.319 e. The fraction of sp³-hybridized carbons (Fsp3) is 0.214. The quantitative estimate of drug-likeness (QED) is 0.702. The van der Waals surface area contributed by atoms with E-state index in [-0.39, 0.29) is 18.0 Å². The number of aromatic amines is 1. The molecule has 22 heavy (non-hydrogen) atoms. The van der Waals surface area contributed by atoms with Crippen LogP contribution >= 0.6 is 23.7 Å². The maximum atomic E-state index is 13.2. The third kappa shape index (κ3) is 3.01. The van der Waals surface area contributed by atoms with E-state index in [1.54, 1.807) is 26.0 Å². The normalized spacial score (nSPS) is 11.5. The molecular formula is C14H14ClFN4OS. The van der Waals surface area contributed by atoms with Gasteiger partial charge in [0.15, 0.2) is 0 Å². The number of nitrogens with one attached hydrogen (secondary N) is 1. The number of H-pyrrole nitrogens is 1. The molecule has 3 N–H and O–H groups in total. The van der Waals surface area contributed by atoms with E-state index in [1.807, 2.05) is 0 Å². The van der Waals surface area contributed by atoms with Crippen LogP contribution in [-0.2, 0) is 5.54 Å². The second kappa shape index (κ2) is 5.75. The van der Waals surface area contributed by atoms with Crippen LogP contribution in [0.2, 0.25) is 0 Å². The molecule has 116 valence electrons. The van der Waals surface area contributed by atoms with Gasteiger partial charge in [-0.25, -0.2) is 9.97 Å². The first kappa shape index (κ1) is 16.5. The van der Waals surface area contributed by atoms with Crippen molar-refractivity contribution in [2.75, 3.05) is 0 Å². The van der Waals surface area contributed by atoms with E-state index in [9.17, 15) is 9.18 Å². The summed E-state index contributed by atoms with van der Waals surface area (Å²) in [6, 6.07) is 4.78. The first-order chi connectivity index (χ1) is 9.84. The summed E-state index contributed by atoms with van der Waals surface area (Å²) >= 11 is 1.26. The molecule has 0 spiro atoms. The van der Waals surface area contributed by atoms with E-state index in [0.717, 1.165) is 4.88 Å². The second-order valence-electron chi connectivity index (χ2n) is 5.33. The molecule has 0 aliphatic carbocycles. The molecular weight excluding hydrogens is 327 g/mol. The third-order valence-electron chi connectivity index (χ3n) is 3.00. The van der Waals surface area contributed by atoms with Gasteiger partial charge in [-0.05, 0) is 31.5 Å². The van der Waals surface area contributed by atoms with Crippen LogP contribution in [0.4, 0.5) is 4.39 Å². The van der Waals surface area contributed by atoms with E-state index in [4.69, 9.17) is 5.73 Å². The monoisotopic (exact) mass is 340 g/mol. The maximum absolute atomic E-state index is 13.2. The second-order valence-corrected chi connectivity index (χ2v) is 6.38. The Morgan fingerprint density at radius 2 is 2.09 bits per heavy atom. The SMILES string of the molecule is CC(C)(N)c1nc2cc(-c3ccnc(F)c3)sc2c(=O)[nH]1.Cl. The highest BCUT2D eigenvalue weighted by Gasteiger charge is 2.19. The number of rotatable bonds is 2. The number of fused-ring (bicyclic) bond motifs is 1. The van der Waals surface area contributed by atoms with E-state index >= 15 is 0 Å². The van der Waals surface area contributed by atoms with Crippen molar-refractivity contribution < 1.29 is 4.39 Å². The fourth-order valence-corrected chi connectivity index (χ4v) is 2.93. The molecule has 3 aromatic rings. The molecule has 0 saturated carbocycles. The van der Waals surface area contributed by atoms with Crippen LogP contribution in [0, 0.1) is 5.95 Å². The Balaban J connectivity index is 0.00000176. The largest absolute Gasteiger partial charge is 0.319 e. The topological polar surface area (TPSA) is 84.7 Å². The van der Waals surface area contributed by atoms with E-state index < -0.39 is 11.5 Å². The van der Waals surface area contributed by atoms with Crippen molar-refractivity contribution in [1.29, 1.82) is 0 Å². The fourth-order valence-electron chi connectivity index (χ4n) is 1.94. The molecule has 3 aromatic heterocycles. The number of hydrogen-bond acceptors (Lipinski definition) is 5. The van der Waals surface area contributed by atoms with E-state index in [0.29, 0.717) is 21.6 Å². The van der Waals surface area contributed by atoms with Crippen molar-refractivity contribution in [2.45, 2.75) is 19.4 Å². The Morgan fingerprint density at radius 3 is 2.73 bits per heavy atom. The summed E-state index contributed by atoms with van der Waals surface area (Å²) in [4.78, 5) is 23.5. The Bertz CT molecular complexity index is 884. The van der Waals surface area contributed by atoms with Crippen molar-refractivity contribution in [3.8, 4) is 10.4 Å². The Hall–Kier alpha value is -1.83. The van der Waals surface area contributed by atoms with Crippen LogP contribution in [-0.4, -0.2) is 15.0 Å². The lowest BCUT2D eigenvalue weighted by atomic mass is 10.1. The number of aromatic nitrogens is 3. The predicted octanol–water partition coefficient (Wildman–Crippen LogP) is 2.80. The minimum absolute atomic E-state index is 0. The van der Waals surface area contributed by atoms with Crippen molar-refractivity contribution in [3.63, 3.8) is 0 Å². The van der Waals surface area contributed by atoms with E-state index in [2.05, 4.69) is 15.0 Å². The summed E-state index contributed by atoms with van der Waals surface area (Å²) in [5.74, 6) is -0.138. The molecule has 8 heteroatoms. The van der Waals surface area contributed by atoms with Crippen molar-refractivity contribution in [1.82, 2.24) is 15.0 Å². The number of halogens is 2. The first-order valence-electron chi connectivity index (χ1n) is 6.30. The number of thiophene rings is 1. The Morgan fingerprint density at radius 1 is 1.36 bits per heavy atom. The maximum Gasteiger partial charge on any atom is 0.268 e. The van der Waals surface area contributed by atoms with Gasteiger partial charge in [-0.3, -0.25) is 4.79 Å². The lowest BCUT2D eigenvalue weighted by Crippen LogP contribution is -2.33. The number of nitrogens with zero attached hydrogens (tertiary/aromatic N) is 2. The third-order valence-corrected chi connectivity index (χ3v) is 4.18. The van der Waals surface area contributed by atoms with Gasteiger partial charge in [-0.15, -0.1) is 23.7 Å². The minimum atomic E-state index is -0.738. The summed E-state index contributed by atoms with van der Waals surface area (Å²) in [6.45, 7) is 3.53. The molecule has 0 aliphatic rings. The average molecular weight is 341 g/mol. The van der Waals surface area contributed by atoms with Crippen LogP contribution in [0.5, 0.6) is 0 Å². The highest BCUT2D eigenvalue weighted by atomic mass is 35.5. The molecule has 3 rings (SSSR count). The van der Waals surface area contributed by atoms with Crippen LogP contribution in [0.1, 0.15) is 19.7 Å².